The van der Waals surface area contributed by atoms with Gasteiger partial charge < -0.3 is 4.90 Å². The predicted octanol–water partition coefficient (Wildman–Crippen LogP) is 4.22. The summed E-state index contributed by atoms with van der Waals surface area (Å²) in [6, 6.07) is 6.13. The number of hydrogen-bond acceptors (Lipinski definition) is 1. The summed E-state index contributed by atoms with van der Waals surface area (Å²) in [5.74, 6) is 0. The van der Waals surface area contributed by atoms with E-state index in [0.717, 1.165) is 30.1 Å². The van der Waals surface area contributed by atoms with E-state index in [2.05, 4.69) is 31.4 Å². The molecule has 0 unspecified atom stereocenters. The average Bonchev–Trinajstić information content (AvgIpc) is 2.25. The third kappa shape index (κ3) is 3.00. The molecule has 0 spiro atoms. The Morgan fingerprint density at radius 3 is 2.60 bits per heavy atom. The molecule has 2 heteroatoms. The number of hydrogen-bond donors (Lipinski definition) is 0. The van der Waals surface area contributed by atoms with E-state index in [1.54, 1.807) is 6.08 Å². The van der Waals surface area contributed by atoms with Crippen molar-refractivity contribution in [3.05, 3.63) is 35.4 Å². The Morgan fingerprint density at radius 2 is 2.13 bits per heavy atom. The lowest BCUT2D eigenvalue weighted by molar-refractivity contribution is 0.792. The zero-order valence-electron chi connectivity index (χ0n) is 9.46. The van der Waals surface area contributed by atoms with Gasteiger partial charge in [-0.25, -0.2) is 0 Å². The van der Waals surface area contributed by atoms with Crippen molar-refractivity contribution in [2.45, 2.75) is 20.3 Å². The van der Waals surface area contributed by atoms with Gasteiger partial charge >= 0.3 is 0 Å². The van der Waals surface area contributed by atoms with Gasteiger partial charge in [0, 0.05) is 23.8 Å². The van der Waals surface area contributed by atoms with E-state index in [0.29, 0.717) is 0 Å². The fourth-order valence-electron chi connectivity index (χ4n) is 1.62. The van der Waals surface area contributed by atoms with Crippen LogP contribution in [0.25, 0.3) is 6.08 Å². The third-order valence-electron chi connectivity index (χ3n) is 2.44. The van der Waals surface area contributed by atoms with Gasteiger partial charge in [0.2, 0.25) is 0 Å². The maximum Gasteiger partial charge on any atom is 0.0498 e. The van der Waals surface area contributed by atoms with Crippen molar-refractivity contribution < 1.29 is 0 Å². The first-order chi connectivity index (χ1) is 7.22. The Morgan fingerprint density at radius 1 is 1.40 bits per heavy atom. The van der Waals surface area contributed by atoms with E-state index >= 15 is 0 Å². The fraction of sp³-hybridized carbons (Fsp3) is 0.385. The molecule has 0 aliphatic carbocycles. The normalized spacial score (nSPS) is 10.1. The topological polar surface area (TPSA) is 3.24 Å². The van der Waals surface area contributed by atoms with Crippen LogP contribution in [0.3, 0.4) is 0 Å². The van der Waals surface area contributed by atoms with Crippen molar-refractivity contribution in [1.29, 1.82) is 0 Å². The third-order valence-corrected chi connectivity index (χ3v) is 2.77. The molecule has 0 atom stereocenters. The predicted molar refractivity (Wildman–Crippen MR) is 69.7 cm³/mol. The van der Waals surface area contributed by atoms with E-state index in [1.807, 2.05) is 12.1 Å². The summed E-state index contributed by atoms with van der Waals surface area (Å²) in [6.45, 7) is 10.1. The van der Waals surface area contributed by atoms with Crippen molar-refractivity contribution >= 4 is 23.4 Å². The standard InChI is InChI=1S/C13H18ClN/c1-4-9-15(6-3)12-8-7-11(5-2)13(14)10-12/h5,7-8,10H,2,4,6,9H2,1,3H3. The van der Waals surface area contributed by atoms with Gasteiger partial charge in [-0.1, -0.05) is 37.2 Å². The van der Waals surface area contributed by atoms with Gasteiger partial charge in [-0.2, -0.15) is 0 Å². The van der Waals surface area contributed by atoms with Crippen LogP contribution in [0.5, 0.6) is 0 Å². The highest BCUT2D eigenvalue weighted by molar-refractivity contribution is 6.32. The number of rotatable bonds is 5. The monoisotopic (exact) mass is 223 g/mol. The summed E-state index contributed by atoms with van der Waals surface area (Å²) in [6.07, 6.45) is 2.93. The van der Waals surface area contributed by atoms with Crippen LogP contribution >= 0.6 is 11.6 Å². The fourth-order valence-corrected chi connectivity index (χ4v) is 1.87. The van der Waals surface area contributed by atoms with Crippen LogP contribution < -0.4 is 4.90 Å². The quantitative estimate of drug-likeness (QED) is 0.723. The average molecular weight is 224 g/mol. The molecular formula is C13H18ClN. The summed E-state index contributed by atoms with van der Waals surface area (Å²) in [7, 11) is 0. The van der Waals surface area contributed by atoms with Crippen molar-refractivity contribution in [3.63, 3.8) is 0 Å². The van der Waals surface area contributed by atoms with Crippen LogP contribution in [-0.4, -0.2) is 13.1 Å². The summed E-state index contributed by atoms with van der Waals surface area (Å²) in [4.78, 5) is 2.32. The first kappa shape index (κ1) is 12.1. The lowest BCUT2D eigenvalue weighted by Gasteiger charge is -2.22. The Labute approximate surface area is 97.4 Å². The number of benzene rings is 1. The van der Waals surface area contributed by atoms with Gasteiger partial charge in [-0.15, -0.1) is 0 Å². The molecule has 0 aliphatic rings. The summed E-state index contributed by atoms with van der Waals surface area (Å²) >= 11 is 6.13. The van der Waals surface area contributed by atoms with Gasteiger partial charge in [-0.05, 0) is 31.0 Å². The Bertz CT molecular complexity index is 333. The van der Waals surface area contributed by atoms with Gasteiger partial charge in [0.05, 0.1) is 0 Å². The highest BCUT2D eigenvalue weighted by Gasteiger charge is 2.04. The van der Waals surface area contributed by atoms with Gasteiger partial charge in [0.1, 0.15) is 0 Å². The molecule has 82 valence electrons. The second-order valence-corrected chi connectivity index (χ2v) is 3.90. The smallest absolute Gasteiger partial charge is 0.0498 e. The zero-order chi connectivity index (χ0) is 11.3. The van der Waals surface area contributed by atoms with Crippen LogP contribution in [0, 0.1) is 0 Å². The highest BCUT2D eigenvalue weighted by atomic mass is 35.5. The minimum absolute atomic E-state index is 0.775. The van der Waals surface area contributed by atoms with Crippen molar-refractivity contribution in [2.75, 3.05) is 18.0 Å². The minimum Gasteiger partial charge on any atom is -0.372 e. The van der Waals surface area contributed by atoms with E-state index in [-0.39, 0.29) is 0 Å². The highest BCUT2D eigenvalue weighted by Crippen LogP contribution is 2.24. The number of anilines is 1. The zero-order valence-corrected chi connectivity index (χ0v) is 10.2. The Hall–Kier alpha value is -0.950. The van der Waals surface area contributed by atoms with Crippen molar-refractivity contribution in [1.82, 2.24) is 0 Å². The number of halogens is 1. The van der Waals surface area contributed by atoms with E-state index in [9.17, 15) is 0 Å². The maximum atomic E-state index is 6.13. The molecular weight excluding hydrogens is 206 g/mol. The van der Waals surface area contributed by atoms with Gasteiger partial charge in [-0.3, -0.25) is 0 Å². The Balaban J connectivity index is 2.94. The minimum atomic E-state index is 0.775. The largest absolute Gasteiger partial charge is 0.372 e. The lowest BCUT2D eigenvalue weighted by atomic mass is 10.2. The SMILES string of the molecule is C=Cc1ccc(N(CC)CCC)cc1Cl. The van der Waals surface area contributed by atoms with Crippen molar-refractivity contribution in [2.24, 2.45) is 0 Å². The molecule has 0 bridgehead atoms. The molecule has 0 radical (unpaired) electrons. The molecule has 1 rings (SSSR count). The van der Waals surface area contributed by atoms with Gasteiger partial charge in [0.15, 0.2) is 0 Å². The molecule has 0 saturated carbocycles. The Kier molecular flexibility index (Phi) is 4.70. The summed E-state index contributed by atoms with van der Waals surface area (Å²) in [5.41, 5.74) is 2.18. The molecule has 0 heterocycles. The molecule has 0 fully saturated rings. The molecule has 0 amide bonds. The molecule has 0 N–H and O–H groups in total. The molecule has 0 aliphatic heterocycles. The molecule has 15 heavy (non-hydrogen) atoms. The molecule has 1 aromatic rings. The van der Waals surface area contributed by atoms with Crippen LogP contribution in [0.15, 0.2) is 24.8 Å². The second kappa shape index (κ2) is 5.82. The lowest BCUT2D eigenvalue weighted by Crippen LogP contribution is -2.23. The van der Waals surface area contributed by atoms with Crippen LogP contribution in [0.2, 0.25) is 5.02 Å². The molecule has 1 aromatic carbocycles. The second-order valence-electron chi connectivity index (χ2n) is 3.49. The molecule has 0 saturated heterocycles. The van der Waals surface area contributed by atoms with E-state index < -0.39 is 0 Å². The van der Waals surface area contributed by atoms with E-state index in [4.69, 9.17) is 11.6 Å². The first-order valence-corrected chi connectivity index (χ1v) is 5.77. The number of nitrogens with zero attached hydrogens (tertiary/aromatic N) is 1. The van der Waals surface area contributed by atoms with Gasteiger partial charge in [0.25, 0.3) is 0 Å². The van der Waals surface area contributed by atoms with Crippen LogP contribution in [-0.2, 0) is 0 Å². The molecule has 1 nitrogen and oxygen atoms in total. The van der Waals surface area contributed by atoms with E-state index in [1.165, 1.54) is 5.69 Å². The molecule has 0 aromatic heterocycles. The summed E-state index contributed by atoms with van der Waals surface area (Å²) < 4.78 is 0. The summed E-state index contributed by atoms with van der Waals surface area (Å²) in [5, 5.41) is 0.775. The van der Waals surface area contributed by atoms with Crippen LogP contribution in [0.4, 0.5) is 5.69 Å². The maximum absolute atomic E-state index is 6.13. The van der Waals surface area contributed by atoms with Crippen LogP contribution in [0.1, 0.15) is 25.8 Å². The first-order valence-electron chi connectivity index (χ1n) is 5.39. The van der Waals surface area contributed by atoms with Crippen molar-refractivity contribution in [3.8, 4) is 0 Å².